The summed E-state index contributed by atoms with van der Waals surface area (Å²) in [4.78, 5) is 14.0. The van der Waals surface area contributed by atoms with Crippen molar-refractivity contribution in [2.24, 2.45) is 7.05 Å². The van der Waals surface area contributed by atoms with Crippen LogP contribution in [0.5, 0.6) is 5.75 Å². The molecule has 0 spiro atoms. The number of halogens is 2. The molecule has 2 heterocycles. The number of amides is 1. The summed E-state index contributed by atoms with van der Waals surface area (Å²) in [6.07, 6.45) is 3.21. The molecule has 3 rings (SSSR count). The van der Waals surface area contributed by atoms with Crippen molar-refractivity contribution in [1.82, 2.24) is 24.5 Å². The van der Waals surface area contributed by atoms with Gasteiger partial charge in [-0.1, -0.05) is 0 Å². The maximum absolute atomic E-state index is 13.5. The molecule has 9 heteroatoms. The van der Waals surface area contributed by atoms with E-state index in [1.54, 1.807) is 37.2 Å². The molecule has 26 heavy (non-hydrogen) atoms. The molecular weight excluding hydrogens is 344 g/mol. The number of carbonyl (C=O) groups is 1. The monoisotopic (exact) mass is 361 g/mol. The Morgan fingerprint density at radius 3 is 2.77 bits per heavy atom. The molecule has 7 nitrogen and oxygen atoms in total. The van der Waals surface area contributed by atoms with Crippen LogP contribution in [-0.2, 0) is 20.3 Å². The molecule has 0 aliphatic heterocycles. The van der Waals surface area contributed by atoms with Gasteiger partial charge in [0.15, 0.2) is 24.0 Å². The van der Waals surface area contributed by atoms with Gasteiger partial charge in [0.2, 0.25) is 0 Å². The third kappa shape index (κ3) is 3.88. The summed E-state index contributed by atoms with van der Waals surface area (Å²) < 4.78 is 34.7. The van der Waals surface area contributed by atoms with Crippen molar-refractivity contribution in [3.8, 4) is 5.75 Å². The number of aromatic nitrogens is 4. The van der Waals surface area contributed by atoms with Crippen LogP contribution in [0.15, 0.2) is 42.7 Å². The number of hydrogen-bond acceptors (Lipinski definition) is 4. The van der Waals surface area contributed by atoms with Gasteiger partial charge in [-0.05, 0) is 24.3 Å². The van der Waals surface area contributed by atoms with Gasteiger partial charge in [-0.25, -0.2) is 13.5 Å². The van der Waals surface area contributed by atoms with E-state index in [2.05, 4.69) is 10.2 Å². The molecule has 0 aliphatic rings. The van der Waals surface area contributed by atoms with E-state index in [0.29, 0.717) is 6.54 Å². The Hall–Kier alpha value is -3.23. The number of hydrogen-bond donors (Lipinski definition) is 0. The molecule has 0 bridgehead atoms. The molecule has 0 aliphatic carbocycles. The van der Waals surface area contributed by atoms with Crippen molar-refractivity contribution in [1.29, 1.82) is 0 Å². The molecule has 0 atom stereocenters. The van der Waals surface area contributed by atoms with Crippen LogP contribution >= 0.6 is 0 Å². The summed E-state index contributed by atoms with van der Waals surface area (Å²) in [5.74, 6) is -1.84. The first kappa shape index (κ1) is 17.6. The molecule has 2 aromatic heterocycles. The molecule has 0 unspecified atom stereocenters. The van der Waals surface area contributed by atoms with Crippen molar-refractivity contribution in [2.75, 3.05) is 7.05 Å². The maximum atomic E-state index is 13.5. The summed E-state index contributed by atoms with van der Waals surface area (Å²) in [7, 11) is 3.47. The number of nitrogens with zero attached hydrogens (tertiary/aromatic N) is 5. The highest BCUT2D eigenvalue weighted by Gasteiger charge is 2.16. The quantitative estimate of drug-likeness (QED) is 0.675. The van der Waals surface area contributed by atoms with Crippen LogP contribution in [0.25, 0.3) is 0 Å². The zero-order valence-electron chi connectivity index (χ0n) is 14.3. The number of benzene rings is 1. The summed E-state index contributed by atoms with van der Waals surface area (Å²) >= 11 is 0. The number of aryl methyl sites for hydroxylation is 1. The molecule has 0 saturated carbocycles. The van der Waals surface area contributed by atoms with Gasteiger partial charge >= 0.3 is 0 Å². The third-order valence-electron chi connectivity index (χ3n) is 3.77. The molecular formula is C17H17F2N5O2. The number of rotatable bonds is 6. The summed E-state index contributed by atoms with van der Waals surface area (Å²) in [5.41, 5.74) is 1.12. The Kier molecular flexibility index (Phi) is 4.97. The highest BCUT2D eigenvalue weighted by Crippen LogP contribution is 2.18. The van der Waals surface area contributed by atoms with E-state index in [4.69, 9.17) is 4.74 Å². The Morgan fingerprint density at radius 1 is 1.27 bits per heavy atom. The van der Waals surface area contributed by atoms with Gasteiger partial charge in [0, 0.05) is 32.6 Å². The second-order valence-electron chi connectivity index (χ2n) is 5.70. The molecule has 0 saturated heterocycles. The fraction of sp³-hybridized carbons (Fsp3) is 0.235. The Morgan fingerprint density at radius 2 is 2.08 bits per heavy atom. The average Bonchev–Trinajstić information content (AvgIpc) is 3.23. The molecule has 1 amide bonds. The Bertz CT molecular complexity index is 922. The van der Waals surface area contributed by atoms with E-state index in [0.717, 1.165) is 17.8 Å². The Labute approximate surface area is 148 Å². The molecule has 0 N–H and O–H groups in total. The highest BCUT2D eigenvalue weighted by molar-refractivity contribution is 5.91. The minimum atomic E-state index is -0.802. The largest absolute Gasteiger partial charge is 0.468 e. The van der Waals surface area contributed by atoms with E-state index in [1.165, 1.54) is 15.6 Å². The summed E-state index contributed by atoms with van der Waals surface area (Å²) in [6.45, 7) is 0.279. The van der Waals surface area contributed by atoms with E-state index in [-0.39, 0.29) is 24.1 Å². The number of ether oxygens (including phenoxy) is 1. The fourth-order valence-corrected chi connectivity index (χ4v) is 2.34. The zero-order chi connectivity index (χ0) is 18.7. The van der Waals surface area contributed by atoms with Crippen molar-refractivity contribution in [3.63, 3.8) is 0 Å². The predicted octanol–water partition coefficient (Wildman–Crippen LogP) is 2.20. The first-order chi connectivity index (χ1) is 12.4. The SMILES string of the molecule is CN(Cc1ccnn1C)C(=O)c1ccn(COc2ccc(F)cc2F)n1. The van der Waals surface area contributed by atoms with Crippen molar-refractivity contribution < 1.29 is 18.3 Å². The van der Waals surface area contributed by atoms with Crippen molar-refractivity contribution >= 4 is 5.91 Å². The molecule has 136 valence electrons. The topological polar surface area (TPSA) is 65.2 Å². The fourth-order valence-electron chi connectivity index (χ4n) is 2.34. The smallest absolute Gasteiger partial charge is 0.274 e. The number of carbonyl (C=O) groups excluding carboxylic acids is 1. The van der Waals surface area contributed by atoms with Gasteiger partial charge in [-0.3, -0.25) is 9.48 Å². The van der Waals surface area contributed by atoms with Gasteiger partial charge in [0.25, 0.3) is 5.91 Å². The van der Waals surface area contributed by atoms with E-state index in [9.17, 15) is 13.6 Å². The molecule has 0 radical (unpaired) electrons. The average molecular weight is 361 g/mol. The minimum Gasteiger partial charge on any atom is -0.468 e. The first-order valence-electron chi connectivity index (χ1n) is 7.77. The van der Waals surface area contributed by atoms with Gasteiger partial charge in [0.05, 0.1) is 12.2 Å². The maximum Gasteiger partial charge on any atom is 0.274 e. The van der Waals surface area contributed by atoms with Crippen molar-refractivity contribution in [3.05, 3.63) is 65.7 Å². The van der Waals surface area contributed by atoms with Gasteiger partial charge in [-0.2, -0.15) is 10.2 Å². The molecule has 3 aromatic rings. The Balaban J connectivity index is 1.61. The van der Waals surface area contributed by atoms with Crippen LogP contribution in [0.2, 0.25) is 0 Å². The highest BCUT2D eigenvalue weighted by atomic mass is 19.1. The lowest BCUT2D eigenvalue weighted by Gasteiger charge is -2.15. The molecule has 0 fully saturated rings. The first-order valence-corrected chi connectivity index (χ1v) is 7.77. The third-order valence-corrected chi connectivity index (χ3v) is 3.77. The van der Waals surface area contributed by atoms with Crippen LogP contribution in [-0.4, -0.2) is 37.4 Å². The zero-order valence-corrected chi connectivity index (χ0v) is 14.3. The van der Waals surface area contributed by atoms with E-state index < -0.39 is 11.6 Å². The lowest BCUT2D eigenvalue weighted by Crippen LogP contribution is -2.27. The van der Waals surface area contributed by atoms with Crippen LogP contribution in [0.3, 0.4) is 0 Å². The predicted molar refractivity (Wildman–Crippen MR) is 88.2 cm³/mol. The van der Waals surface area contributed by atoms with Crippen LogP contribution in [0, 0.1) is 11.6 Å². The lowest BCUT2D eigenvalue weighted by molar-refractivity contribution is 0.0774. The minimum absolute atomic E-state index is 0.0943. The summed E-state index contributed by atoms with van der Waals surface area (Å²) in [5, 5.41) is 8.19. The van der Waals surface area contributed by atoms with Crippen LogP contribution in [0.4, 0.5) is 8.78 Å². The second-order valence-corrected chi connectivity index (χ2v) is 5.70. The lowest BCUT2D eigenvalue weighted by atomic mass is 10.3. The van der Waals surface area contributed by atoms with Gasteiger partial charge in [-0.15, -0.1) is 0 Å². The van der Waals surface area contributed by atoms with Crippen molar-refractivity contribution in [2.45, 2.75) is 13.3 Å². The van der Waals surface area contributed by atoms with Crippen LogP contribution in [0.1, 0.15) is 16.2 Å². The normalized spacial score (nSPS) is 10.8. The van der Waals surface area contributed by atoms with Crippen LogP contribution < -0.4 is 4.74 Å². The second kappa shape index (κ2) is 7.34. The standard InChI is InChI=1S/C17H17F2N5O2/c1-22(10-13-5-7-20-23(13)2)17(25)15-6-8-24(21-15)11-26-16-4-3-12(18)9-14(16)19/h3-9H,10-11H2,1-2H3. The van der Waals surface area contributed by atoms with Gasteiger partial charge in [0.1, 0.15) is 5.82 Å². The van der Waals surface area contributed by atoms with E-state index in [1.807, 2.05) is 6.07 Å². The summed E-state index contributed by atoms with van der Waals surface area (Å²) in [6, 6.07) is 6.41. The van der Waals surface area contributed by atoms with Gasteiger partial charge < -0.3 is 9.64 Å². The van der Waals surface area contributed by atoms with E-state index >= 15 is 0 Å². The molecule has 1 aromatic carbocycles.